The number of hydrogen-bond acceptors (Lipinski definition) is 5. The summed E-state index contributed by atoms with van der Waals surface area (Å²) in [5, 5.41) is 10.6. The van der Waals surface area contributed by atoms with Crippen LogP contribution in [0.4, 0.5) is 5.82 Å². The third-order valence-electron chi connectivity index (χ3n) is 3.54. The van der Waals surface area contributed by atoms with Crippen LogP contribution < -0.4 is 10.4 Å². The molecule has 1 heterocycles. The lowest BCUT2D eigenvalue weighted by Crippen LogP contribution is -2.47. The molecule has 6 nitrogen and oxygen atoms in total. The van der Waals surface area contributed by atoms with Crippen LogP contribution in [-0.4, -0.2) is 22.4 Å². The van der Waals surface area contributed by atoms with Gasteiger partial charge in [-0.25, -0.2) is 4.98 Å². The quantitative estimate of drug-likeness (QED) is 0.838. The van der Waals surface area contributed by atoms with Crippen molar-refractivity contribution in [3.63, 3.8) is 0 Å². The number of nitrogens with one attached hydrogen (secondary N) is 1. The minimum absolute atomic E-state index is 0.0465. The van der Waals surface area contributed by atoms with Gasteiger partial charge in [-0.1, -0.05) is 26.7 Å². The molecule has 1 N–H and O–H groups in total. The lowest BCUT2D eigenvalue weighted by atomic mass is 10.1. The summed E-state index contributed by atoms with van der Waals surface area (Å²) < 4.78 is 0. The zero-order valence-corrected chi connectivity index (χ0v) is 12.5. The Kier molecular flexibility index (Phi) is 5.09. The molecule has 0 aliphatic heterocycles. The van der Waals surface area contributed by atoms with Gasteiger partial charge in [0.25, 0.3) is 0 Å². The van der Waals surface area contributed by atoms with E-state index in [1.807, 2.05) is 6.07 Å². The van der Waals surface area contributed by atoms with E-state index in [9.17, 15) is 4.79 Å². The van der Waals surface area contributed by atoms with Gasteiger partial charge in [-0.05, 0) is 18.8 Å². The Bertz CT molecular complexity index is 531. The number of nitriles is 1. The van der Waals surface area contributed by atoms with Gasteiger partial charge in [-0.15, -0.1) is 0 Å². The highest BCUT2D eigenvalue weighted by Crippen LogP contribution is 2.25. The Morgan fingerprint density at radius 3 is 2.86 bits per heavy atom. The third kappa shape index (κ3) is 4.15. The summed E-state index contributed by atoms with van der Waals surface area (Å²) in [6, 6.07) is 3.63. The molecule has 0 atom stereocenters. The molecular formula is C15H21N5O. The predicted molar refractivity (Wildman–Crippen MR) is 79.0 cm³/mol. The average Bonchev–Trinajstić information content (AvgIpc) is 3.00. The molecule has 1 amide bonds. The maximum atomic E-state index is 12.3. The summed E-state index contributed by atoms with van der Waals surface area (Å²) in [5.41, 5.74) is 2.95. The zero-order chi connectivity index (χ0) is 15.2. The van der Waals surface area contributed by atoms with Crippen molar-refractivity contribution in [1.29, 1.82) is 5.26 Å². The molecular weight excluding hydrogens is 266 g/mol. The lowest BCUT2D eigenvalue weighted by molar-refractivity contribution is -0.125. The molecule has 0 spiro atoms. The fourth-order valence-corrected chi connectivity index (χ4v) is 2.53. The number of nitrogens with zero attached hydrogens (tertiary/aromatic N) is 4. The minimum atomic E-state index is 0.0465. The molecule has 112 valence electrons. The standard InChI is InChI=1S/C15H21N5O/c1-11(2)10-20(14-7-8-17-13(9-16)18-14)19-15(21)12-5-3-4-6-12/h7-8,11-12H,3-6,10H2,1-2H3,(H,19,21). The van der Waals surface area contributed by atoms with E-state index >= 15 is 0 Å². The molecule has 2 rings (SSSR count). The highest BCUT2D eigenvalue weighted by atomic mass is 16.2. The second-order valence-corrected chi connectivity index (χ2v) is 5.81. The van der Waals surface area contributed by atoms with E-state index in [0.29, 0.717) is 18.3 Å². The van der Waals surface area contributed by atoms with Gasteiger partial charge < -0.3 is 0 Å². The Hall–Kier alpha value is -2.16. The van der Waals surface area contributed by atoms with Crippen LogP contribution in [0.5, 0.6) is 0 Å². The van der Waals surface area contributed by atoms with Gasteiger partial charge >= 0.3 is 0 Å². The van der Waals surface area contributed by atoms with Crippen LogP contribution in [0.1, 0.15) is 45.4 Å². The first-order chi connectivity index (χ1) is 10.1. The zero-order valence-electron chi connectivity index (χ0n) is 12.5. The van der Waals surface area contributed by atoms with Crippen LogP contribution >= 0.6 is 0 Å². The average molecular weight is 287 g/mol. The van der Waals surface area contributed by atoms with Crippen LogP contribution in [0.15, 0.2) is 12.3 Å². The minimum Gasteiger partial charge on any atom is -0.273 e. The summed E-state index contributed by atoms with van der Waals surface area (Å²) in [6.07, 6.45) is 5.68. The molecule has 0 unspecified atom stereocenters. The SMILES string of the molecule is CC(C)CN(NC(=O)C1CCCC1)c1ccnc(C#N)n1. The summed E-state index contributed by atoms with van der Waals surface area (Å²) in [4.78, 5) is 20.3. The highest BCUT2D eigenvalue weighted by molar-refractivity contribution is 5.80. The predicted octanol–water partition coefficient (Wildman–Crippen LogP) is 2.03. The smallest absolute Gasteiger partial charge is 0.241 e. The molecule has 21 heavy (non-hydrogen) atoms. The number of aromatic nitrogens is 2. The Balaban J connectivity index is 2.13. The van der Waals surface area contributed by atoms with Gasteiger partial charge in [-0.3, -0.25) is 15.2 Å². The second kappa shape index (κ2) is 7.02. The van der Waals surface area contributed by atoms with E-state index in [2.05, 4.69) is 29.2 Å². The first kappa shape index (κ1) is 15.2. The molecule has 0 aromatic carbocycles. The number of carbonyl (C=O) groups is 1. The van der Waals surface area contributed by atoms with Crippen LogP contribution in [-0.2, 0) is 4.79 Å². The first-order valence-corrected chi connectivity index (χ1v) is 7.41. The molecule has 1 aromatic rings. The molecule has 1 fully saturated rings. The van der Waals surface area contributed by atoms with Gasteiger partial charge in [0.2, 0.25) is 11.7 Å². The van der Waals surface area contributed by atoms with Crippen molar-refractivity contribution in [2.24, 2.45) is 11.8 Å². The van der Waals surface area contributed by atoms with Crippen LogP contribution in [0, 0.1) is 23.2 Å². The van der Waals surface area contributed by atoms with Crippen LogP contribution in [0.3, 0.4) is 0 Å². The lowest BCUT2D eigenvalue weighted by Gasteiger charge is -2.27. The van der Waals surface area contributed by atoms with Crippen molar-refractivity contribution < 1.29 is 4.79 Å². The summed E-state index contributed by atoms with van der Waals surface area (Å²) in [6.45, 7) is 4.78. The molecule has 0 saturated heterocycles. The maximum Gasteiger partial charge on any atom is 0.241 e. The van der Waals surface area contributed by atoms with Gasteiger partial charge in [0.15, 0.2) is 5.82 Å². The van der Waals surface area contributed by atoms with Gasteiger partial charge in [0.05, 0.1) is 0 Å². The van der Waals surface area contributed by atoms with Crippen LogP contribution in [0.2, 0.25) is 0 Å². The van der Waals surface area contributed by atoms with Crippen molar-refractivity contribution >= 4 is 11.7 Å². The molecule has 0 radical (unpaired) electrons. The Labute approximate surface area is 125 Å². The second-order valence-electron chi connectivity index (χ2n) is 5.81. The molecule has 1 aliphatic carbocycles. The summed E-state index contributed by atoms with van der Waals surface area (Å²) in [5.74, 6) is 1.16. The highest BCUT2D eigenvalue weighted by Gasteiger charge is 2.25. The van der Waals surface area contributed by atoms with Gasteiger partial charge in [0, 0.05) is 24.7 Å². The van der Waals surface area contributed by atoms with E-state index in [0.717, 1.165) is 25.7 Å². The van der Waals surface area contributed by atoms with Crippen molar-refractivity contribution in [3.8, 4) is 6.07 Å². The van der Waals surface area contributed by atoms with Gasteiger partial charge in [0.1, 0.15) is 6.07 Å². The number of hydrazine groups is 1. The number of hydrogen-bond donors (Lipinski definition) is 1. The Morgan fingerprint density at radius 2 is 2.24 bits per heavy atom. The summed E-state index contributed by atoms with van der Waals surface area (Å²) >= 11 is 0. The summed E-state index contributed by atoms with van der Waals surface area (Å²) in [7, 11) is 0. The molecule has 1 saturated carbocycles. The van der Waals surface area contributed by atoms with Crippen molar-refractivity contribution in [1.82, 2.24) is 15.4 Å². The Morgan fingerprint density at radius 1 is 1.52 bits per heavy atom. The topological polar surface area (TPSA) is 81.9 Å². The number of amides is 1. The fourth-order valence-electron chi connectivity index (χ4n) is 2.53. The monoisotopic (exact) mass is 287 g/mol. The fraction of sp³-hybridized carbons (Fsp3) is 0.600. The maximum absolute atomic E-state index is 12.3. The van der Waals surface area contributed by atoms with E-state index in [1.165, 1.54) is 6.20 Å². The molecule has 1 aromatic heterocycles. The van der Waals surface area contributed by atoms with Crippen molar-refractivity contribution in [3.05, 3.63) is 18.1 Å². The number of anilines is 1. The van der Waals surface area contributed by atoms with E-state index in [-0.39, 0.29) is 17.6 Å². The molecule has 0 bridgehead atoms. The number of rotatable bonds is 5. The number of carbonyl (C=O) groups excluding carboxylic acids is 1. The van der Waals surface area contributed by atoms with Crippen molar-refractivity contribution in [2.75, 3.05) is 11.6 Å². The molecule has 6 heteroatoms. The molecule has 1 aliphatic rings. The first-order valence-electron chi connectivity index (χ1n) is 7.41. The van der Waals surface area contributed by atoms with Crippen LogP contribution in [0.25, 0.3) is 0 Å². The van der Waals surface area contributed by atoms with Gasteiger partial charge in [-0.2, -0.15) is 10.2 Å². The van der Waals surface area contributed by atoms with E-state index in [4.69, 9.17) is 5.26 Å². The van der Waals surface area contributed by atoms with E-state index < -0.39 is 0 Å². The normalized spacial score (nSPS) is 15.0. The third-order valence-corrected chi connectivity index (χ3v) is 3.54. The van der Waals surface area contributed by atoms with Crippen molar-refractivity contribution in [2.45, 2.75) is 39.5 Å². The largest absolute Gasteiger partial charge is 0.273 e. The van der Waals surface area contributed by atoms with E-state index in [1.54, 1.807) is 11.1 Å².